The molecule has 0 aliphatic rings. The van der Waals surface area contributed by atoms with Gasteiger partial charge in [-0.3, -0.25) is 0 Å². The smallest absolute Gasteiger partial charge is 0.200 e. The molecule has 0 aliphatic carbocycles. The van der Waals surface area contributed by atoms with Crippen LogP contribution in [0, 0.1) is 0 Å². The highest BCUT2D eigenvalue weighted by Crippen LogP contribution is 2.27. The molecular weight excluding hydrogens is 246 g/mol. The minimum atomic E-state index is 0.557. The largest absolute Gasteiger partial charge is 0.369 e. The molecule has 0 spiro atoms. The number of benzene rings is 1. The van der Waals surface area contributed by atoms with Gasteiger partial charge in [0.25, 0.3) is 0 Å². The number of nitrogen functional groups attached to an aromatic ring is 1. The lowest BCUT2D eigenvalue weighted by atomic mass is 10.2. The Morgan fingerprint density at radius 2 is 2.06 bits per heavy atom. The van der Waals surface area contributed by atoms with Gasteiger partial charge in [0.05, 0.1) is 10.7 Å². The van der Waals surface area contributed by atoms with Gasteiger partial charge in [-0.2, -0.15) is 0 Å². The van der Waals surface area contributed by atoms with E-state index in [4.69, 9.17) is 17.3 Å². The molecule has 0 fully saturated rings. The van der Waals surface area contributed by atoms with Crippen molar-refractivity contribution in [3.8, 4) is 11.3 Å². The van der Waals surface area contributed by atoms with Crippen molar-refractivity contribution in [3.05, 3.63) is 35.5 Å². The van der Waals surface area contributed by atoms with E-state index in [0.717, 1.165) is 24.2 Å². The first-order chi connectivity index (χ1) is 8.72. The van der Waals surface area contributed by atoms with Crippen LogP contribution in [0.5, 0.6) is 0 Å². The Hall–Kier alpha value is -1.48. The average Bonchev–Trinajstić information content (AvgIpc) is 2.72. The van der Waals surface area contributed by atoms with Gasteiger partial charge in [0.15, 0.2) is 0 Å². The van der Waals surface area contributed by atoms with Gasteiger partial charge in [0.2, 0.25) is 5.95 Å². The summed E-state index contributed by atoms with van der Waals surface area (Å²) in [6, 6.07) is 7.69. The van der Waals surface area contributed by atoms with Crippen LogP contribution >= 0.6 is 11.6 Å². The van der Waals surface area contributed by atoms with Gasteiger partial charge < -0.3 is 10.3 Å². The second-order valence-electron chi connectivity index (χ2n) is 4.36. The zero-order chi connectivity index (χ0) is 13.0. The summed E-state index contributed by atoms with van der Waals surface area (Å²) in [5.41, 5.74) is 7.69. The maximum absolute atomic E-state index is 6.16. The molecule has 0 atom stereocenters. The summed E-state index contributed by atoms with van der Waals surface area (Å²) in [5, 5.41) is 0.704. The minimum absolute atomic E-state index is 0.557. The number of aromatic nitrogens is 2. The third-order valence-corrected chi connectivity index (χ3v) is 3.29. The van der Waals surface area contributed by atoms with Crippen LogP contribution in [0.1, 0.15) is 26.2 Å². The van der Waals surface area contributed by atoms with Crippen LogP contribution in [0.2, 0.25) is 5.02 Å². The van der Waals surface area contributed by atoms with Crippen molar-refractivity contribution >= 4 is 17.5 Å². The fourth-order valence-corrected chi connectivity index (χ4v) is 2.17. The lowest BCUT2D eigenvalue weighted by Gasteiger charge is -2.02. The number of hydrogen-bond donors (Lipinski definition) is 1. The molecule has 0 radical (unpaired) electrons. The van der Waals surface area contributed by atoms with Gasteiger partial charge in [-0.25, -0.2) is 4.98 Å². The minimum Gasteiger partial charge on any atom is -0.369 e. The third kappa shape index (κ3) is 2.85. The van der Waals surface area contributed by atoms with E-state index in [1.807, 2.05) is 35.0 Å². The average molecular weight is 264 g/mol. The number of imidazole rings is 1. The molecule has 0 amide bonds. The molecule has 2 N–H and O–H groups in total. The summed E-state index contributed by atoms with van der Waals surface area (Å²) in [5.74, 6) is 0.557. The molecule has 0 aliphatic heterocycles. The number of anilines is 1. The molecule has 1 aromatic carbocycles. The van der Waals surface area contributed by atoms with Crippen LogP contribution in [-0.4, -0.2) is 9.55 Å². The van der Waals surface area contributed by atoms with Crippen LogP contribution in [0.3, 0.4) is 0 Å². The van der Waals surface area contributed by atoms with E-state index in [-0.39, 0.29) is 0 Å². The van der Waals surface area contributed by atoms with Gasteiger partial charge in [-0.15, -0.1) is 0 Å². The SMILES string of the molecule is CCCCCn1cc(-c2ccccc2Cl)nc1N. The summed E-state index contributed by atoms with van der Waals surface area (Å²) >= 11 is 6.16. The van der Waals surface area contributed by atoms with E-state index < -0.39 is 0 Å². The molecule has 2 aromatic rings. The number of aryl methyl sites for hydroxylation is 1. The highest BCUT2D eigenvalue weighted by atomic mass is 35.5. The van der Waals surface area contributed by atoms with Gasteiger partial charge >= 0.3 is 0 Å². The quantitative estimate of drug-likeness (QED) is 0.830. The number of halogens is 1. The van der Waals surface area contributed by atoms with Crippen LogP contribution in [0.15, 0.2) is 30.5 Å². The molecule has 0 unspecified atom stereocenters. The zero-order valence-corrected chi connectivity index (χ0v) is 11.3. The second-order valence-corrected chi connectivity index (χ2v) is 4.77. The Morgan fingerprint density at radius 3 is 2.78 bits per heavy atom. The summed E-state index contributed by atoms with van der Waals surface area (Å²) in [7, 11) is 0. The fraction of sp³-hybridized carbons (Fsp3) is 0.357. The Bertz CT molecular complexity index is 520. The molecule has 0 saturated carbocycles. The fourth-order valence-electron chi connectivity index (χ4n) is 1.94. The first-order valence-electron chi connectivity index (χ1n) is 6.30. The normalized spacial score (nSPS) is 10.8. The van der Waals surface area contributed by atoms with E-state index in [2.05, 4.69) is 11.9 Å². The number of rotatable bonds is 5. The Labute approximate surface area is 113 Å². The third-order valence-electron chi connectivity index (χ3n) is 2.96. The van der Waals surface area contributed by atoms with E-state index in [1.54, 1.807) is 0 Å². The van der Waals surface area contributed by atoms with E-state index in [1.165, 1.54) is 12.8 Å². The standard InChI is InChI=1S/C14H18ClN3/c1-2-3-6-9-18-10-13(17-14(18)16)11-7-4-5-8-12(11)15/h4-5,7-8,10H,2-3,6,9H2,1H3,(H2,16,17). The summed E-state index contributed by atoms with van der Waals surface area (Å²) in [6.45, 7) is 3.10. The van der Waals surface area contributed by atoms with Crippen molar-refractivity contribution in [1.82, 2.24) is 9.55 Å². The van der Waals surface area contributed by atoms with Crippen molar-refractivity contribution in [1.29, 1.82) is 0 Å². The first-order valence-corrected chi connectivity index (χ1v) is 6.67. The van der Waals surface area contributed by atoms with Crippen LogP contribution in [-0.2, 0) is 6.54 Å². The topological polar surface area (TPSA) is 43.8 Å². The molecule has 96 valence electrons. The molecular formula is C14H18ClN3. The highest BCUT2D eigenvalue weighted by Gasteiger charge is 2.09. The number of hydrogen-bond acceptors (Lipinski definition) is 2. The van der Waals surface area contributed by atoms with Gasteiger partial charge in [0.1, 0.15) is 0 Å². The van der Waals surface area contributed by atoms with E-state index >= 15 is 0 Å². The van der Waals surface area contributed by atoms with Crippen molar-refractivity contribution in [3.63, 3.8) is 0 Å². The Balaban J connectivity index is 2.21. The van der Waals surface area contributed by atoms with Crippen LogP contribution in [0.25, 0.3) is 11.3 Å². The maximum Gasteiger partial charge on any atom is 0.200 e. The lowest BCUT2D eigenvalue weighted by molar-refractivity contribution is 0.608. The molecule has 1 aromatic heterocycles. The van der Waals surface area contributed by atoms with E-state index in [0.29, 0.717) is 11.0 Å². The highest BCUT2D eigenvalue weighted by molar-refractivity contribution is 6.33. The van der Waals surface area contributed by atoms with Gasteiger partial charge in [0, 0.05) is 18.3 Å². The van der Waals surface area contributed by atoms with Crippen molar-refractivity contribution in [2.24, 2.45) is 0 Å². The van der Waals surface area contributed by atoms with Gasteiger partial charge in [-0.1, -0.05) is 49.6 Å². The maximum atomic E-state index is 6.16. The molecule has 2 rings (SSSR count). The number of nitrogens with two attached hydrogens (primary N) is 1. The van der Waals surface area contributed by atoms with Crippen molar-refractivity contribution in [2.75, 3.05) is 5.73 Å². The summed E-state index contributed by atoms with van der Waals surface area (Å²) in [6.07, 6.45) is 5.51. The molecule has 0 bridgehead atoms. The zero-order valence-electron chi connectivity index (χ0n) is 10.6. The summed E-state index contributed by atoms with van der Waals surface area (Å²) < 4.78 is 1.99. The van der Waals surface area contributed by atoms with Crippen molar-refractivity contribution < 1.29 is 0 Å². The lowest BCUT2D eigenvalue weighted by Crippen LogP contribution is -2.02. The van der Waals surface area contributed by atoms with Crippen LogP contribution in [0.4, 0.5) is 5.95 Å². The molecule has 4 heteroatoms. The second kappa shape index (κ2) is 5.91. The monoisotopic (exact) mass is 263 g/mol. The number of nitrogens with zero attached hydrogens (tertiary/aromatic N) is 2. The number of unbranched alkanes of at least 4 members (excludes halogenated alkanes) is 2. The Kier molecular flexibility index (Phi) is 4.26. The molecule has 0 saturated heterocycles. The van der Waals surface area contributed by atoms with Crippen molar-refractivity contribution in [2.45, 2.75) is 32.7 Å². The molecule has 3 nitrogen and oxygen atoms in total. The predicted molar refractivity (Wildman–Crippen MR) is 76.6 cm³/mol. The van der Waals surface area contributed by atoms with Gasteiger partial charge in [-0.05, 0) is 12.5 Å². The molecule has 1 heterocycles. The predicted octanol–water partition coefficient (Wildman–Crippen LogP) is 3.98. The van der Waals surface area contributed by atoms with E-state index in [9.17, 15) is 0 Å². The summed E-state index contributed by atoms with van der Waals surface area (Å²) in [4.78, 5) is 4.38. The Morgan fingerprint density at radius 1 is 1.28 bits per heavy atom. The molecule has 18 heavy (non-hydrogen) atoms. The van der Waals surface area contributed by atoms with Crippen LogP contribution < -0.4 is 5.73 Å². The first kappa shape index (κ1) is 13.0.